The zero-order valence-corrected chi connectivity index (χ0v) is 12.7. The van der Waals surface area contributed by atoms with Crippen molar-refractivity contribution in [3.05, 3.63) is 5.82 Å². The van der Waals surface area contributed by atoms with Gasteiger partial charge in [0.1, 0.15) is 11.8 Å². The van der Waals surface area contributed by atoms with Gasteiger partial charge in [0.15, 0.2) is 11.6 Å². The van der Waals surface area contributed by atoms with Crippen LogP contribution in [0.1, 0.15) is 38.1 Å². The molecule has 0 bridgehead atoms. The second kappa shape index (κ2) is 7.99. The highest BCUT2D eigenvalue weighted by Crippen LogP contribution is 2.32. The largest absolute Gasteiger partial charge is 0.476 e. The predicted octanol–water partition coefficient (Wildman–Crippen LogP) is 1.76. The van der Waals surface area contributed by atoms with Gasteiger partial charge in [-0.2, -0.15) is 4.98 Å². The number of hydrogen-bond donors (Lipinski definition) is 2. The van der Waals surface area contributed by atoms with Gasteiger partial charge in [0.2, 0.25) is 5.88 Å². The molecule has 0 amide bonds. The summed E-state index contributed by atoms with van der Waals surface area (Å²) in [5.41, 5.74) is 6.51. The minimum atomic E-state index is -0.0654. The second-order valence-electron chi connectivity index (χ2n) is 4.86. The van der Waals surface area contributed by atoms with Crippen molar-refractivity contribution < 1.29 is 14.2 Å². The van der Waals surface area contributed by atoms with Crippen LogP contribution in [-0.2, 0) is 9.47 Å². The third-order valence-electron chi connectivity index (χ3n) is 3.24. The Morgan fingerprint density at radius 1 is 1.43 bits per heavy atom. The highest BCUT2D eigenvalue weighted by Gasteiger charge is 2.23. The van der Waals surface area contributed by atoms with Crippen LogP contribution >= 0.6 is 0 Å². The molecule has 0 spiro atoms. The van der Waals surface area contributed by atoms with Crippen molar-refractivity contribution in [1.82, 2.24) is 9.97 Å². The molecule has 0 saturated carbocycles. The third kappa shape index (κ3) is 4.18. The average Bonchev–Trinajstić information content (AvgIpc) is 3.01. The summed E-state index contributed by atoms with van der Waals surface area (Å²) in [5.74, 6) is 1.67. The Morgan fingerprint density at radius 2 is 2.29 bits per heavy atom. The van der Waals surface area contributed by atoms with E-state index in [-0.39, 0.29) is 6.10 Å². The lowest BCUT2D eigenvalue weighted by Crippen LogP contribution is -2.14. The number of aromatic nitrogens is 2. The van der Waals surface area contributed by atoms with E-state index in [2.05, 4.69) is 15.3 Å². The molecule has 0 aromatic carbocycles. The van der Waals surface area contributed by atoms with E-state index in [1.54, 1.807) is 7.11 Å². The molecule has 1 atom stereocenters. The molecular weight excluding hydrogens is 272 g/mol. The van der Waals surface area contributed by atoms with Crippen LogP contribution in [-0.4, -0.2) is 43.4 Å². The molecule has 1 fully saturated rings. The Kier molecular flexibility index (Phi) is 6.01. The molecule has 2 rings (SSSR count). The standard InChI is InChI=1S/C14H24N4O3/c1-3-20-14-11(15)13(16-7-5-8-19-2)17-12(18-14)10-6-4-9-21-10/h10H,3-9,15H2,1-2H3,(H,16,17,18). The topological polar surface area (TPSA) is 91.5 Å². The number of nitrogens with zero attached hydrogens (tertiary/aromatic N) is 2. The molecule has 7 heteroatoms. The number of methoxy groups -OCH3 is 1. The Morgan fingerprint density at radius 3 is 2.95 bits per heavy atom. The van der Waals surface area contributed by atoms with Crippen molar-refractivity contribution in [3.8, 4) is 5.88 Å². The summed E-state index contributed by atoms with van der Waals surface area (Å²) >= 11 is 0. The van der Waals surface area contributed by atoms with Crippen molar-refractivity contribution in [3.63, 3.8) is 0 Å². The van der Waals surface area contributed by atoms with E-state index in [0.29, 0.717) is 36.4 Å². The van der Waals surface area contributed by atoms with Gasteiger partial charge < -0.3 is 25.3 Å². The van der Waals surface area contributed by atoms with Crippen molar-refractivity contribution in [2.75, 3.05) is 44.5 Å². The predicted molar refractivity (Wildman–Crippen MR) is 80.5 cm³/mol. The molecule has 2 heterocycles. The van der Waals surface area contributed by atoms with Crippen molar-refractivity contribution in [2.45, 2.75) is 32.3 Å². The molecule has 1 saturated heterocycles. The Labute approximate surface area is 125 Å². The number of anilines is 2. The Balaban J connectivity index is 2.15. The van der Waals surface area contributed by atoms with Gasteiger partial charge in [-0.05, 0) is 26.2 Å². The molecule has 0 radical (unpaired) electrons. The summed E-state index contributed by atoms with van der Waals surface area (Å²) in [5, 5.41) is 3.22. The third-order valence-corrected chi connectivity index (χ3v) is 3.24. The quantitative estimate of drug-likeness (QED) is 0.706. The minimum Gasteiger partial charge on any atom is -0.476 e. The summed E-state index contributed by atoms with van der Waals surface area (Å²) < 4.78 is 16.2. The van der Waals surface area contributed by atoms with Crippen LogP contribution in [0.25, 0.3) is 0 Å². The maximum Gasteiger partial charge on any atom is 0.242 e. The Hall–Kier alpha value is -1.60. The van der Waals surface area contributed by atoms with E-state index in [9.17, 15) is 0 Å². The molecule has 1 aliphatic rings. The second-order valence-corrected chi connectivity index (χ2v) is 4.86. The fourth-order valence-corrected chi connectivity index (χ4v) is 2.20. The number of nitrogens with one attached hydrogen (secondary N) is 1. The van der Waals surface area contributed by atoms with Gasteiger partial charge >= 0.3 is 0 Å². The summed E-state index contributed by atoms with van der Waals surface area (Å²) in [6.07, 6.45) is 2.76. The molecular formula is C14H24N4O3. The fraction of sp³-hybridized carbons (Fsp3) is 0.714. The van der Waals surface area contributed by atoms with Crippen molar-refractivity contribution in [2.24, 2.45) is 0 Å². The number of nitrogen functional groups attached to an aromatic ring is 1. The van der Waals surface area contributed by atoms with E-state index in [0.717, 1.165) is 32.4 Å². The SMILES string of the molecule is CCOc1nc(C2CCCO2)nc(NCCCOC)c1N. The molecule has 1 unspecified atom stereocenters. The molecule has 1 aromatic rings. The molecule has 3 N–H and O–H groups in total. The van der Waals surface area contributed by atoms with E-state index in [1.165, 1.54) is 0 Å². The number of nitrogens with two attached hydrogens (primary N) is 1. The highest BCUT2D eigenvalue weighted by atomic mass is 16.5. The van der Waals surface area contributed by atoms with Crippen LogP contribution in [0.5, 0.6) is 5.88 Å². The van der Waals surface area contributed by atoms with Crippen LogP contribution in [0.15, 0.2) is 0 Å². The summed E-state index contributed by atoms with van der Waals surface area (Å²) in [7, 11) is 1.68. The van der Waals surface area contributed by atoms with Crippen LogP contribution in [0.2, 0.25) is 0 Å². The fourth-order valence-electron chi connectivity index (χ4n) is 2.20. The maximum atomic E-state index is 6.07. The lowest BCUT2D eigenvalue weighted by atomic mass is 10.2. The molecule has 0 aliphatic carbocycles. The van der Waals surface area contributed by atoms with Crippen LogP contribution in [0.3, 0.4) is 0 Å². The van der Waals surface area contributed by atoms with Gasteiger partial charge in [0.25, 0.3) is 0 Å². The number of rotatable bonds is 8. The summed E-state index contributed by atoms with van der Waals surface area (Å²) in [6, 6.07) is 0. The van der Waals surface area contributed by atoms with Gasteiger partial charge in [-0.3, -0.25) is 0 Å². The van der Waals surface area contributed by atoms with Crippen LogP contribution < -0.4 is 15.8 Å². The first-order chi connectivity index (χ1) is 10.3. The van der Waals surface area contributed by atoms with Gasteiger partial charge in [-0.15, -0.1) is 0 Å². The zero-order chi connectivity index (χ0) is 15.1. The number of hydrogen-bond acceptors (Lipinski definition) is 7. The van der Waals surface area contributed by atoms with Gasteiger partial charge in [-0.25, -0.2) is 4.98 Å². The normalized spacial score (nSPS) is 17.9. The van der Waals surface area contributed by atoms with E-state index in [1.807, 2.05) is 6.92 Å². The average molecular weight is 296 g/mol. The zero-order valence-electron chi connectivity index (χ0n) is 12.7. The maximum absolute atomic E-state index is 6.07. The Bertz CT molecular complexity index is 450. The van der Waals surface area contributed by atoms with E-state index >= 15 is 0 Å². The molecule has 1 aromatic heterocycles. The van der Waals surface area contributed by atoms with Crippen LogP contribution in [0.4, 0.5) is 11.5 Å². The number of ether oxygens (including phenoxy) is 3. The molecule has 21 heavy (non-hydrogen) atoms. The molecule has 1 aliphatic heterocycles. The van der Waals surface area contributed by atoms with Crippen molar-refractivity contribution in [1.29, 1.82) is 0 Å². The lowest BCUT2D eigenvalue weighted by molar-refractivity contribution is 0.104. The summed E-state index contributed by atoms with van der Waals surface area (Å²) in [6.45, 7) is 4.58. The summed E-state index contributed by atoms with van der Waals surface area (Å²) in [4.78, 5) is 8.90. The van der Waals surface area contributed by atoms with Gasteiger partial charge in [0, 0.05) is 26.9 Å². The minimum absolute atomic E-state index is 0.0654. The van der Waals surface area contributed by atoms with Gasteiger partial charge in [0.05, 0.1) is 6.61 Å². The monoisotopic (exact) mass is 296 g/mol. The molecule has 118 valence electrons. The smallest absolute Gasteiger partial charge is 0.242 e. The molecule has 7 nitrogen and oxygen atoms in total. The first kappa shape index (κ1) is 15.8. The van der Waals surface area contributed by atoms with Gasteiger partial charge in [-0.1, -0.05) is 0 Å². The van der Waals surface area contributed by atoms with E-state index < -0.39 is 0 Å². The first-order valence-corrected chi connectivity index (χ1v) is 7.40. The van der Waals surface area contributed by atoms with E-state index in [4.69, 9.17) is 19.9 Å². The van der Waals surface area contributed by atoms with Crippen molar-refractivity contribution >= 4 is 11.5 Å². The first-order valence-electron chi connectivity index (χ1n) is 7.40. The highest BCUT2D eigenvalue weighted by molar-refractivity contribution is 5.67. The van der Waals surface area contributed by atoms with Crippen LogP contribution in [0, 0.1) is 0 Å². The lowest BCUT2D eigenvalue weighted by Gasteiger charge is -2.15.